The summed E-state index contributed by atoms with van der Waals surface area (Å²) in [6, 6.07) is 2.59. The molecule has 0 amide bonds. The van der Waals surface area contributed by atoms with E-state index in [2.05, 4.69) is 5.32 Å². The van der Waals surface area contributed by atoms with Crippen LogP contribution in [0.15, 0.2) is 12.1 Å². The quantitative estimate of drug-likeness (QED) is 0.857. The van der Waals surface area contributed by atoms with Gasteiger partial charge in [0.2, 0.25) is 0 Å². The molecule has 102 valence electrons. The molecule has 0 spiro atoms. The molecule has 0 saturated heterocycles. The zero-order valence-corrected chi connectivity index (χ0v) is 10.6. The third kappa shape index (κ3) is 3.73. The zero-order valence-electron chi connectivity index (χ0n) is 10.6. The third-order valence-corrected chi connectivity index (χ3v) is 2.70. The van der Waals surface area contributed by atoms with Gasteiger partial charge in [0.1, 0.15) is 17.7 Å². The van der Waals surface area contributed by atoms with Crippen molar-refractivity contribution in [3.05, 3.63) is 34.9 Å². The van der Waals surface area contributed by atoms with Gasteiger partial charge in [-0.05, 0) is 18.1 Å². The van der Waals surface area contributed by atoms with E-state index in [0.29, 0.717) is 0 Å². The second kappa shape index (κ2) is 6.25. The number of hydrogen-bond acceptors (Lipinski definition) is 3. The Labute approximate surface area is 109 Å². The van der Waals surface area contributed by atoms with Crippen molar-refractivity contribution in [3.8, 4) is 6.07 Å². The molecule has 0 saturated carbocycles. The lowest BCUT2D eigenvalue weighted by atomic mass is 10.0. The summed E-state index contributed by atoms with van der Waals surface area (Å²) in [6.07, 6.45) is 0. The predicted molar refractivity (Wildman–Crippen MR) is 64.2 cm³/mol. The number of nitrogens with one attached hydrogen (secondary N) is 1. The number of nitriles is 1. The van der Waals surface area contributed by atoms with Crippen LogP contribution in [-0.2, 0) is 11.3 Å². The number of rotatable bonds is 5. The van der Waals surface area contributed by atoms with Crippen LogP contribution in [0.1, 0.15) is 25.0 Å². The van der Waals surface area contributed by atoms with E-state index in [0.717, 1.165) is 12.1 Å². The van der Waals surface area contributed by atoms with Crippen LogP contribution < -0.4 is 5.32 Å². The zero-order chi connectivity index (χ0) is 14.6. The SMILES string of the molecule is CC(C)C(NCc1c(F)cc(C#N)cc1F)C(=O)O. The largest absolute Gasteiger partial charge is 0.480 e. The summed E-state index contributed by atoms with van der Waals surface area (Å²) in [7, 11) is 0. The molecular weight excluding hydrogens is 254 g/mol. The highest BCUT2D eigenvalue weighted by Gasteiger charge is 2.22. The van der Waals surface area contributed by atoms with Crippen LogP contribution in [0.5, 0.6) is 0 Å². The Morgan fingerprint density at radius 2 is 1.95 bits per heavy atom. The summed E-state index contributed by atoms with van der Waals surface area (Å²) in [6.45, 7) is 3.13. The highest BCUT2D eigenvalue weighted by Crippen LogP contribution is 2.15. The van der Waals surface area contributed by atoms with Gasteiger partial charge in [0.15, 0.2) is 0 Å². The molecule has 0 radical (unpaired) electrons. The molecule has 19 heavy (non-hydrogen) atoms. The van der Waals surface area contributed by atoms with Gasteiger partial charge in [0, 0.05) is 12.1 Å². The molecule has 1 atom stereocenters. The number of carboxylic acid groups (broad SMARTS) is 1. The average molecular weight is 268 g/mol. The van der Waals surface area contributed by atoms with Crippen molar-refractivity contribution in [3.63, 3.8) is 0 Å². The van der Waals surface area contributed by atoms with Crippen molar-refractivity contribution in [1.29, 1.82) is 5.26 Å². The van der Waals surface area contributed by atoms with Gasteiger partial charge in [-0.1, -0.05) is 13.8 Å². The van der Waals surface area contributed by atoms with Gasteiger partial charge in [-0.2, -0.15) is 5.26 Å². The number of carbonyl (C=O) groups is 1. The molecule has 0 aliphatic rings. The van der Waals surface area contributed by atoms with E-state index in [-0.39, 0.29) is 23.6 Å². The van der Waals surface area contributed by atoms with E-state index in [1.54, 1.807) is 19.9 Å². The van der Waals surface area contributed by atoms with Gasteiger partial charge < -0.3 is 5.11 Å². The lowest BCUT2D eigenvalue weighted by Gasteiger charge is -2.18. The number of halogens is 2. The van der Waals surface area contributed by atoms with Gasteiger partial charge in [-0.3, -0.25) is 10.1 Å². The maximum atomic E-state index is 13.6. The Bertz CT molecular complexity index is 501. The van der Waals surface area contributed by atoms with Crippen LogP contribution in [0, 0.1) is 28.9 Å². The molecule has 1 rings (SSSR count). The summed E-state index contributed by atoms with van der Waals surface area (Å²) >= 11 is 0. The molecule has 0 aliphatic heterocycles. The fraction of sp³-hybridized carbons (Fsp3) is 0.385. The minimum atomic E-state index is -1.08. The lowest BCUT2D eigenvalue weighted by Crippen LogP contribution is -2.40. The Balaban J connectivity index is 2.89. The molecule has 0 fully saturated rings. The summed E-state index contributed by atoms with van der Waals surface area (Å²) in [5, 5.41) is 20.1. The second-order valence-corrected chi connectivity index (χ2v) is 4.47. The Morgan fingerprint density at radius 1 is 1.42 bits per heavy atom. The summed E-state index contributed by atoms with van der Waals surface area (Å²) in [4.78, 5) is 10.9. The molecule has 0 aliphatic carbocycles. The van der Waals surface area contributed by atoms with Gasteiger partial charge in [-0.25, -0.2) is 8.78 Å². The van der Waals surface area contributed by atoms with E-state index in [1.165, 1.54) is 0 Å². The number of hydrogen-bond donors (Lipinski definition) is 2. The number of aliphatic carboxylic acids is 1. The van der Waals surface area contributed by atoms with E-state index in [4.69, 9.17) is 10.4 Å². The number of benzene rings is 1. The first-order valence-electron chi connectivity index (χ1n) is 5.71. The number of nitrogens with zero attached hydrogens (tertiary/aromatic N) is 1. The predicted octanol–water partition coefficient (Wildman–Crippen LogP) is 2.04. The van der Waals surface area contributed by atoms with Crippen molar-refractivity contribution >= 4 is 5.97 Å². The fourth-order valence-electron chi connectivity index (χ4n) is 1.66. The topological polar surface area (TPSA) is 73.1 Å². The maximum absolute atomic E-state index is 13.6. The van der Waals surface area contributed by atoms with Gasteiger partial charge >= 0.3 is 5.97 Å². The summed E-state index contributed by atoms with van der Waals surface area (Å²) < 4.78 is 27.1. The minimum Gasteiger partial charge on any atom is -0.480 e. The van der Waals surface area contributed by atoms with Crippen LogP contribution in [0.25, 0.3) is 0 Å². The molecule has 2 N–H and O–H groups in total. The van der Waals surface area contributed by atoms with E-state index in [9.17, 15) is 13.6 Å². The van der Waals surface area contributed by atoms with Crippen molar-refractivity contribution in [2.24, 2.45) is 5.92 Å². The Hall–Kier alpha value is -2.00. The molecule has 1 unspecified atom stereocenters. The van der Waals surface area contributed by atoms with E-state index >= 15 is 0 Å². The molecule has 0 heterocycles. The van der Waals surface area contributed by atoms with Crippen LogP contribution >= 0.6 is 0 Å². The summed E-state index contributed by atoms with van der Waals surface area (Å²) in [5.41, 5.74) is -0.386. The van der Waals surface area contributed by atoms with E-state index < -0.39 is 23.6 Å². The van der Waals surface area contributed by atoms with Crippen LogP contribution in [0.2, 0.25) is 0 Å². The molecule has 1 aromatic carbocycles. The van der Waals surface area contributed by atoms with Crippen LogP contribution in [-0.4, -0.2) is 17.1 Å². The summed E-state index contributed by atoms with van der Waals surface area (Å²) in [5.74, 6) is -3.03. The molecule has 0 bridgehead atoms. The monoisotopic (exact) mass is 268 g/mol. The first-order valence-corrected chi connectivity index (χ1v) is 5.71. The minimum absolute atomic E-state index is 0.114. The Kier molecular flexibility index (Phi) is 4.95. The van der Waals surface area contributed by atoms with Crippen molar-refractivity contribution in [1.82, 2.24) is 5.32 Å². The smallest absolute Gasteiger partial charge is 0.320 e. The molecule has 0 aromatic heterocycles. The molecule has 1 aromatic rings. The molecule has 4 nitrogen and oxygen atoms in total. The molecular formula is C13H14F2N2O2. The highest BCUT2D eigenvalue weighted by atomic mass is 19.1. The van der Waals surface area contributed by atoms with Crippen molar-refractivity contribution in [2.75, 3.05) is 0 Å². The highest BCUT2D eigenvalue weighted by molar-refractivity contribution is 5.73. The second-order valence-electron chi connectivity index (χ2n) is 4.47. The maximum Gasteiger partial charge on any atom is 0.320 e. The first kappa shape index (κ1) is 15.1. The fourth-order valence-corrected chi connectivity index (χ4v) is 1.66. The first-order chi connectivity index (χ1) is 8.86. The van der Waals surface area contributed by atoms with Crippen molar-refractivity contribution in [2.45, 2.75) is 26.4 Å². The van der Waals surface area contributed by atoms with Crippen LogP contribution in [0.4, 0.5) is 8.78 Å². The molecule has 6 heteroatoms. The lowest BCUT2D eigenvalue weighted by molar-refractivity contribution is -0.140. The van der Waals surface area contributed by atoms with E-state index in [1.807, 2.05) is 0 Å². The standard InChI is InChI=1S/C13H14F2N2O2/c1-7(2)12(13(18)19)17-6-9-10(14)3-8(5-16)4-11(9)15/h3-4,7,12,17H,6H2,1-2H3,(H,18,19). The van der Waals surface area contributed by atoms with Gasteiger partial charge in [0.25, 0.3) is 0 Å². The average Bonchev–Trinajstić information content (AvgIpc) is 2.31. The third-order valence-electron chi connectivity index (χ3n) is 2.70. The van der Waals surface area contributed by atoms with Gasteiger partial charge in [0.05, 0.1) is 11.6 Å². The Morgan fingerprint density at radius 3 is 2.32 bits per heavy atom. The van der Waals surface area contributed by atoms with Crippen LogP contribution in [0.3, 0.4) is 0 Å². The van der Waals surface area contributed by atoms with Crippen molar-refractivity contribution < 1.29 is 18.7 Å². The number of carboxylic acids is 1. The van der Waals surface area contributed by atoms with Gasteiger partial charge in [-0.15, -0.1) is 0 Å². The normalized spacial score (nSPS) is 12.2.